The summed E-state index contributed by atoms with van der Waals surface area (Å²) in [6.07, 6.45) is 4.54. The van der Waals surface area contributed by atoms with Crippen LogP contribution in [0, 0.1) is 0 Å². The van der Waals surface area contributed by atoms with Crippen LogP contribution in [0.25, 0.3) is 0 Å². The fraction of sp³-hybridized carbons (Fsp3) is 0.577. The summed E-state index contributed by atoms with van der Waals surface area (Å²) < 4.78 is 0. The number of nitrogens with zero attached hydrogens (tertiary/aromatic N) is 1. The van der Waals surface area contributed by atoms with Crippen LogP contribution in [-0.4, -0.2) is 84.0 Å². The van der Waals surface area contributed by atoms with Crippen LogP contribution in [0.15, 0.2) is 35.3 Å². The van der Waals surface area contributed by atoms with Gasteiger partial charge in [-0.3, -0.25) is 19.4 Å². The first-order valence-electron chi connectivity index (χ1n) is 13.3. The van der Waals surface area contributed by atoms with Crippen LogP contribution < -0.4 is 38.9 Å². The van der Waals surface area contributed by atoms with Gasteiger partial charge in [-0.2, -0.15) is 11.8 Å². The average Bonchev–Trinajstić information content (AvgIpc) is 2.92. The number of carbonyl (C=O) groups is 4. The van der Waals surface area contributed by atoms with E-state index in [0.29, 0.717) is 38.0 Å². The number of carbonyl (C=O) groups excluding carboxylic acids is 3. The van der Waals surface area contributed by atoms with Crippen molar-refractivity contribution >= 4 is 41.4 Å². The van der Waals surface area contributed by atoms with Gasteiger partial charge in [0.2, 0.25) is 17.7 Å². The Morgan fingerprint density at radius 2 is 1.48 bits per heavy atom. The Labute approximate surface area is 239 Å². The molecule has 40 heavy (non-hydrogen) atoms. The number of rotatable bonds is 20. The lowest BCUT2D eigenvalue weighted by molar-refractivity contribution is -0.142. The second-order valence-electron chi connectivity index (χ2n) is 9.33. The minimum Gasteiger partial charge on any atom is -0.480 e. The molecule has 4 unspecified atom stereocenters. The van der Waals surface area contributed by atoms with Crippen molar-refractivity contribution in [3.8, 4) is 0 Å². The van der Waals surface area contributed by atoms with E-state index in [4.69, 9.17) is 22.9 Å². The smallest absolute Gasteiger partial charge is 0.326 e. The Kier molecular flexibility index (Phi) is 17.0. The molecule has 12 N–H and O–H groups in total. The van der Waals surface area contributed by atoms with E-state index in [0.717, 1.165) is 12.0 Å². The highest BCUT2D eigenvalue weighted by molar-refractivity contribution is 7.98. The largest absolute Gasteiger partial charge is 0.480 e. The van der Waals surface area contributed by atoms with Gasteiger partial charge in [-0.25, -0.2) is 4.79 Å². The Bertz CT molecular complexity index is 962. The molecule has 14 heteroatoms. The number of aliphatic imine (C=N–C) groups is 1. The van der Waals surface area contributed by atoms with Crippen molar-refractivity contribution < 1.29 is 24.3 Å². The molecule has 0 spiro atoms. The number of hydrogen-bond donors (Lipinski definition) is 8. The fourth-order valence-electron chi connectivity index (χ4n) is 3.79. The van der Waals surface area contributed by atoms with Gasteiger partial charge in [0.1, 0.15) is 18.1 Å². The minimum absolute atomic E-state index is 0.0605. The zero-order chi connectivity index (χ0) is 29.9. The summed E-state index contributed by atoms with van der Waals surface area (Å²) in [6.45, 7) is 0.701. The van der Waals surface area contributed by atoms with Gasteiger partial charge < -0.3 is 44.0 Å². The molecule has 224 valence electrons. The van der Waals surface area contributed by atoms with E-state index in [-0.39, 0.29) is 25.3 Å². The molecule has 1 aromatic rings. The zero-order valence-corrected chi connectivity index (χ0v) is 23.8. The molecule has 0 radical (unpaired) electrons. The molecule has 0 aliphatic heterocycles. The predicted octanol–water partition coefficient (Wildman–Crippen LogP) is -0.969. The van der Waals surface area contributed by atoms with E-state index < -0.39 is 47.9 Å². The summed E-state index contributed by atoms with van der Waals surface area (Å²) >= 11 is 1.50. The highest BCUT2D eigenvalue weighted by atomic mass is 32.2. The van der Waals surface area contributed by atoms with Crippen LogP contribution in [0.1, 0.15) is 44.1 Å². The maximum Gasteiger partial charge on any atom is 0.326 e. The minimum atomic E-state index is -1.22. The lowest BCUT2D eigenvalue weighted by Gasteiger charge is -2.25. The third-order valence-electron chi connectivity index (χ3n) is 6.03. The molecular formula is C26H44N8O5S. The molecular weight excluding hydrogens is 536 g/mol. The van der Waals surface area contributed by atoms with Crippen LogP contribution >= 0.6 is 11.8 Å². The lowest BCUT2D eigenvalue weighted by atomic mass is 10.0. The second-order valence-corrected chi connectivity index (χ2v) is 10.3. The highest BCUT2D eigenvalue weighted by Crippen LogP contribution is 2.08. The first-order valence-corrected chi connectivity index (χ1v) is 14.7. The molecule has 0 aliphatic carbocycles. The van der Waals surface area contributed by atoms with Crippen molar-refractivity contribution in [2.24, 2.45) is 27.9 Å². The number of hydrogen-bond acceptors (Lipinski definition) is 8. The fourth-order valence-corrected chi connectivity index (χ4v) is 4.26. The van der Waals surface area contributed by atoms with Gasteiger partial charge in [0.15, 0.2) is 5.96 Å². The summed E-state index contributed by atoms with van der Waals surface area (Å²) in [5.41, 5.74) is 23.0. The number of nitrogens with two attached hydrogens (primary N) is 4. The molecule has 0 aliphatic rings. The number of unbranched alkanes of at least 4 members (excludes halogenated alkanes) is 1. The molecule has 0 bridgehead atoms. The third-order valence-corrected chi connectivity index (χ3v) is 6.67. The summed E-state index contributed by atoms with van der Waals surface area (Å²) in [5.74, 6) is -2.47. The molecule has 0 saturated heterocycles. The van der Waals surface area contributed by atoms with Gasteiger partial charge in [0.05, 0.1) is 6.04 Å². The third kappa shape index (κ3) is 14.1. The summed E-state index contributed by atoms with van der Waals surface area (Å²) in [6, 6.07) is 4.83. The maximum atomic E-state index is 13.3. The normalized spacial score (nSPS) is 13.8. The van der Waals surface area contributed by atoms with Crippen LogP contribution in [0.5, 0.6) is 0 Å². The molecule has 0 heterocycles. The Balaban J connectivity index is 3.02. The molecule has 0 saturated carbocycles. The lowest BCUT2D eigenvalue weighted by Crippen LogP contribution is -2.57. The van der Waals surface area contributed by atoms with E-state index in [9.17, 15) is 24.3 Å². The predicted molar refractivity (Wildman–Crippen MR) is 157 cm³/mol. The highest BCUT2D eigenvalue weighted by Gasteiger charge is 2.30. The Morgan fingerprint density at radius 3 is 2.05 bits per heavy atom. The number of nitrogens with one attached hydrogen (secondary N) is 3. The zero-order valence-electron chi connectivity index (χ0n) is 23.0. The van der Waals surface area contributed by atoms with Crippen molar-refractivity contribution in [3.05, 3.63) is 35.9 Å². The van der Waals surface area contributed by atoms with Gasteiger partial charge in [0.25, 0.3) is 0 Å². The molecule has 0 aromatic heterocycles. The van der Waals surface area contributed by atoms with Gasteiger partial charge in [-0.1, -0.05) is 36.8 Å². The maximum absolute atomic E-state index is 13.3. The SMILES string of the molecule is CSCCC(NC(=O)C(N)CCCCN)C(=O)NC(CCCN=C(N)N)C(=O)NC(Cc1ccccc1)C(=O)O. The standard InChI is InChI=1S/C26H44N8O5S/c1-40-15-12-20(32-22(35)18(28)10-5-6-13-27)24(37)33-19(11-7-14-31-26(29)30)23(36)34-21(25(38)39)16-17-8-3-2-4-9-17/h2-4,8-9,18-21H,5-7,10-16,27-28H2,1H3,(H,32,35)(H,33,37)(H,34,36)(H,38,39)(H4,29,30,31). The summed E-state index contributed by atoms with van der Waals surface area (Å²) in [7, 11) is 0. The molecule has 13 nitrogen and oxygen atoms in total. The molecule has 4 atom stereocenters. The van der Waals surface area contributed by atoms with E-state index >= 15 is 0 Å². The van der Waals surface area contributed by atoms with Gasteiger partial charge >= 0.3 is 5.97 Å². The summed E-state index contributed by atoms with van der Waals surface area (Å²) in [4.78, 5) is 55.0. The number of carboxylic acids is 1. The number of benzene rings is 1. The van der Waals surface area contributed by atoms with E-state index in [1.165, 1.54) is 11.8 Å². The van der Waals surface area contributed by atoms with E-state index in [1.807, 2.05) is 6.26 Å². The molecule has 1 rings (SSSR count). The molecule has 0 fully saturated rings. The van der Waals surface area contributed by atoms with Crippen LogP contribution in [-0.2, 0) is 25.6 Å². The number of aliphatic carboxylic acids is 1. The quantitative estimate of drug-likeness (QED) is 0.0533. The van der Waals surface area contributed by atoms with Crippen molar-refractivity contribution in [1.82, 2.24) is 16.0 Å². The first-order chi connectivity index (χ1) is 19.1. The summed E-state index contributed by atoms with van der Waals surface area (Å²) in [5, 5.41) is 17.6. The van der Waals surface area contributed by atoms with Crippen LogP contribution in [0.2, 0.25) is 0 Å². The first kappa shape index (κ1) is 34.7. The average molecular weight is 581 g/mol. The van der Waals surface area contributed by atoms with Gasteiger partial charge in [0, 0.05) is 13.0 Å². The van der Waals surface area contributed by atoms with Crippen LogP contribution in [0.3, 0.4) is 0 Å². The van der Waals surface area contributed by atoms with Gasteiger partial charge in [-0.15, -0.1) is 0 Å². The van der Waals surface area contributed by atoms with Crippen molar-refractivity contribution in [3.63, 3.8) is 0 Å². The Hall–Kier alpha value is -3.36. The number of carboxylic acid groups (broad SMARTS) is 1. The number of thioether (sulfide) groups is 1. The molecule has 1 aromatic carbocycles. The molecule has 3 amide bonds. The topological polar surface area (TPSA) is 241 Å². The van der Waals surface area contributed by atoms with Crippen molar-refractivity contribution in [2.75, 3.05) is 25.1 Å². The van der Waals surface area contributed by atoms with Crippen molar-refractivity contribution in [1.29, 1.82) is 0 Å². The number of amides is 3. The second kappa shape index (κ2) is 19.7. The van der Waals surface area contributed by atoms with E-state index in [1.54, 1.807) is 30.3 Å². The van der Waals surface area contributed by atoms with Crippen molar-refractivity contribution in [2.45, 2.75) is 69.1 Å². The monoisotopic (exact) mass is 580 g/mol. The number of guanidine groups is 1. The van der Waals surface area contributed by atoms with E-state index in [2.05, 4.69) is 20.9 Å². The Morgan fingerprint density at radius 1 is 0.875 bits per heavy atom. The van der Waals surface area contributed by atoms with Gasteiger partial charge in [-0.05, 0) is 56.2 Å². The van der Waals surface area contributed by atoms with Crippen LogP contribution in [0.4, 0.5) is 0 Å².